The van der Waals surface area contributed by atoms with Gasteiger partial charge in [-0.2, -0.15) is 0 Å². The average molecular weight is 389 g/mol. The zero-order valence-corrected chi connectivity index (χ0v) is 18.8. The van der Waals surface area contributed by atoms with E-state index in [2.05, 4.69) is 27.7 Å². The van der Waals surface area contributed by atoms with Crippen molar-refractivity contribution < 1.29 is 10.2 Å². The summed E-state index contributed by atoms with van der Waals surface area (Å²) in [6, 6.07) is 0. The minimum Gasteiger partial charge on any atom is -0.396 e. The zero-order valence-electron chi connectivity index (χ0n) is 18.8. The molecule has 5 unspecified atom stereocenters. The Morgan fingerprint density at radius 2 is 1.46 bits per heavy atom. The average Bonchev–Trinajstić information content (AvgIpc) is 3.10. The molecular formula is C26H44O2. The Bertz CT molecular complexity index is 628. The number of aliphatic hydroxyl groups excluding tert-OH is 2. The van der Waals surface area contributed by atoms with Gasteiger partial charge in [-0.3, -0.25) is 0 Å². The summed E-state index contributed by atoms with van der Waals surface area (Å²) in [5, 5.41) is 21.1. The lowest BCUT2D eigenvalue weighted by molar-refractivity contribution is -0.216. The summed E-state index contributed by atoms with van der Waals surface area (Å²) in [5.74, 6) is 4.04. The van der Waals surface area contributed by atoms with Crippen LogP contribution in [0.15, 0.2) is 0 Å². The van der Waals surface area contributed by atoms with Gasteiger partial charge in [-0.1, -0.05) is 34.1 Å². The first kappa shape index (κ1) is 19.9. The second-order valence-electron chi connectivity index (χ2n) is 12.9. The second kappa shape index (κ2) is 6.22. The van der Waals surface area contributed by atoms with Crippen LogP contribution in [0.4, 0.5) is 0 Å². The van der Waals surface area contributed by atoms with Crippen molar-refractivity contribution in [3.05, 3.63) is 0 Å². The second-order valence-corrected chi connectivity index (χ2v) is 12.9. The molecule has 5 aliphatic carbocycles. The Balaban J connectivity index is 1.48. The molecule has 5 saturated carbocycles. The molecule has 2 heteroatoms. The lowest BCUT2D eigenvalue weighted by Gasteiger charge is -2.69. The van der Waals surface area contributed by atoms with Crippen molar-refractivity contribution in [2.45, 2.75) is 104 Å². The number of aliphatic hydroxyl groups is 2. The molecule has 2 nitrogen and oxygen atoms in total. The molecule has 5 fully saturated rings. The molecule has 0 aromatic heterocycles. The van der Waals surface area contributed by atoms with Gasteiger partial charge in [0.2, 0.25) is 0 Å². The Morgan fingerprint density at radius 1 is 0.714 bits per heavy atom. The van der Waals surface area contributed by atoms with Gasteiger partial charge in [0.1, 0.15) is 0 Å². The van der Waals surface area contributed by atoms with Crippen LogP contribution in [-0.2, 0) is 0 Å². The summed E-state index contributed by atoms with van der Waals surface area (Å²) in [7, 11) is 0. The van der Waals surface area contributed by atoms with E-state index < -0.39 is 0 Å². The summed E-state index contributed by atoms with van der Waals surface area (Å²) in [6.07, 6.45) is 14.2. The lowest BCUT2D eigenvalue weighted by Crippen LogP contribution is -2.63. The predicted octanol–water partition coefficient (Wildman–Crippen LogP) is 5.80. The monoisotopic (exact) mass is 388 g/mol. The Labute approximate surface area is 172 Å². The van der Waals surface area contributed by atoms with Crippen molar-refractivity contribution in [2.75, 3.05) is 6.61 Å². The van der Waals surface area contributed by atoms with E-state index in [0.29, 0.717) is 23.4 Å². The standard InChI is InChI=1S/C26H44O2/c1-23(2)20-10-13-24(3)18-9-15-26(16-27)12-5-6-19(26)17(18)7-8-21(24)25(20,4)14-11-22(23)28/h17-22,27-28H,5-16H2,1-4H3/t17?,18?,19?,20?,21?,22-,24-,25-,26+/m0/s1. The van der Waals surface area contributed by atoms with E-state index in [0.717, 1.165) is 30.1 Å². The van der Waals surface area contributed by atoms with E-state index in [1.807, 2.05) is 0 Å². The van der Waals surface area contributed by atoms with Gasteiger partial charge in [-0.15, -0.1) is 0 Å². The van der Waals surface area contributed by atoms with E-state index >= 15 is 0 Å². The molecule has 0 aromatic rings. The highest BCUT2D eigenvalue weighted by Gasteiger charge is 2.66. The van der Waals surface area contributed by atoms with Crippen LogP contribution in [0.25, 0.3) is 0 Å². The van der Waals surface area contributed by atoms with Crippen LogP contribution in [0.2, 0.25) is 0 Å². The smallest absolute Gasteiger partial charge is 0.0594 e. The third kappa shape index (κ3) is 2.34. The summed E-state index contributed by atoms with van der Waals surface area (Å²) in [5.41, 5.74) is 1.23. The van der Waals surface area contributed by atoms with Gasteiger partial charge in [-0.05, 0) is 115 Å². The quantitative estimate of drug-likeness (QED) is 0.595. The predicted molar refractivity (Wildman–Crippen MR) is 114 cm³/mol. The molecule has 9 atom stereocenters. The zero-order chi connectivity index (χ0) is 19.9. The number of rotatable bonds is 1. The summed E-state index contributed by atoms with van der Waals surface area (Å²) in [6.45, 7) is 10.4. The lowest BCUT2D eigenvalue weighted by atomic mass is 9.36. The third-order valence-electron chi connectivity index (χ3n) is 12.0. The van der Waals surface area contributed by atoms with Crippen molar-refractivity contribution in [1.29, 1.82) is 0 Å². The van der Waals surface area contributed by atoms with E-state index in [4.69, 9.17) is 0 Å². The maximum absolute atomic E-state index is 10.8. The largest absolute Gasteiger partial charge is 0.396 e. The van der Waals surface area contributed by atoms with E-state index in [1.165, 1.54) is 64.2 Å². The highest BCUT2D eigenvalue weighted by atomic mass is 16.3. The number of fused-ring (bicyclic) bond motifs is 7. The molecule has 0 bridgehead atoms. The molecule has 0 heterocycles. The topological polar surface area (TPSA) is 40.5 Å². The van der Waals surface area contributed by atoms with Gasteiger partial charge >= 0.3 is 0 Å². The van der Waals surface area contributed by atoms with Crippen LogP contribution < -0.4 is 0 Å². The third-order valence-corrected chi connectivity index (χ3v) is 12.0. The van der Waals surface area contributed by atoms with Crippen molar-refractivity contribution in [3.8, 4) is 0 Å². The first-order chi connectivity index (χ1) is 13.2. The van der Waals surface area contributed by atoms with Gasteiger partial charge in [0.05, 0.1) is 6.10 Å². The minimum absolute atomic E-state index is 0.0647. The Morgan fingerprint density at radius 3 is 2.21 bits per heavy atom. The SMILES string of the molecule is CC1(C)C2CC[C@@]3(C)C4CC[C@@]5(CO)CCCC5C4CCC3[C@@]2(C)CC[C@@H]1O. The van der Waals surface area contributed by atoms with Gasteiger partial charge in [0, 0.05) is 6.61 Å². The fourth-order valence-corrected chi connectivity index (χ4v) is 10.6. The van der Waals surface area contributed by atoms with Crippen molar-refractivity contribution in [1.82, 2.24) is 0 Å². The Kier molecular flexibility index (Phi) is 4.41. The first-order valence-corrected chi connectivity index (χ1v) is 12.5. The van der Waals surface area contributed by atoms with Crippen LogP contribution >= 0.6 is 0 Å². The highest BCUT2D eigenvalue weighted by molar-refractivity contribution is 5.15. The molecule has 28 heavy (non-hydrogen) atoms. The van der Waals surface area contributed by atoms with E-state index in [1.54, 1.807) is 0 Å². The van der Waals surface area contributed by atoms with Crippen molar-refractivity contribution in [3.63, 3.8) is 0 Å². The molecular weight excluding hydrogens is 344 g/mol. The van der Waals surface area contributed by atoms with Gasteiger partial charge < -0.3 is 10.2 Å². The molecule has 0 spiro atoms. The van der Waals surface area contributed by atoms with Crippen molar-refractivity contribution in [2.24, 2.45) is 51.2 Å². The maximum Gasteiger partial charge on any atom is 0.0594 e. The van der Waals surface area contributed by atoms with Crippen LogP contribution in [0, 0.1) is 51.2 Å². The first-order valence-electron chi connectivity index (χ1n) is 12.5. The molecule has 0 radical (unpaired) electrons. The molecule has 0 aromatic carbocycles. The van der Waals surface area contributed by atoms with Crippen LogP contribution in [0.3, 0.4) is 0 Å². The number of hydrogen-bond donors (Lipinski definition) is 2. The molecule has 2 N–H and O–H groups in total. The normalized spacial score (nSPS) is 57.6. The molecule has 0 aliphatic heterocycles. The fourth-order valence-electron chi connectivity index (χ4n) is 10.6. The van der Waals surface area contributed by atoms with Crippen LogP contribution in [-0.4, -0.2) is 22.9 Å². The van der Waals surface area contributed by atoms with Gasteiger partial charge in [0.25, 0.3) is 0 Å². The van der Waals surface area contributed by atoms with Crippen LogP contribution in [0.1, 0.15) is 98.3 Å². The Hall–Kier alpha value is -0.0800. The molecule has 5 aliphatic rings. The number of hydrogen-bond acceptors (Lipinski definition) is 2. The minimum atomic E-state index is -0.121. The van der Waals surface area contributed by atoms with Gasteiger partial charge in [0.15, 0.2) is 0 Å². The van der Waals surface area contributed by atoms with E-state index in [9.17, 15) is 10.2 Å². The summed E-state index contributed by atoms with van der Waals surface area (Å²) in [4.78, 5) is 0. The molecule has 0 amide bonds. The molecule has 0 saturated heterocycles. The molecule has 160 valence electrons. The summed E-state index contributed by atoms with van der Waals surface area (Å²) < 4.78 is 0. The highest BCUT2D eigenvalue weighted by Crippen LogP contribution is 2.72. The fraction of sp³-hybridized carbons (Fsp3) is 1.00. The maximum atomic E-state index is 10.8. The molecule has 5 rings (SSSR count). The van der Waals surface area contributed by atoms with Gasteiger partial charge in [-0.25, -0.2) is 0 Å². The van der Waals surface area contributed by atoms with Crippen molar-refractivity contribution >= 4 is 0 Å². The van der Waals surface area contributed by atoms with Crippen LogP contribution in [0.5, 0.6) is 0 Å². The van der Waals surface area contributed by atoms with E-state index in [-0.39, 0.29) is 16.9 Å². The summed E-state index contributed by atoms with van der Waals surface area (Å²) >= 11 is 0.